The number of esters is 1. The standard InChI is InChI=1S/C19H26N2O8S2/c1-4-29-19(23)14-6-5-9-20(11-14)31(26,27)17-10-15(7-8-16(17)28-3)21-18(22)13(2)12-30(21,24)25/h7-8,10,13-14H,4-6,9,11-12H2,1-3H3. The zero-order chi connectivity index (χ0) is 23.0. The number of hydrogen-bond acceptors (Lipinski definition) is 8. The monoisotopic (exact) mass is 474 g/mol. The van der Waals surface area contributed by atoms with Crippen molar-refractivity contribution in [1.29, 1.82) is 0 Å². The van der Waals surface area contributed by atoms with Gasteiger partial charge in [0.15, 0.2) is 0 Å². The molecule has 1 amide bonds. The second-order valence-electron chi connectivity index (χ2n) is 7.57. The molecule has 2 unspecified atom stereocenters. The molecule has 0 bridgehead atoms. The Morgan fingerprint density at radius 1 is 1.29 bits per heavy atom. The van der Waals surface area contributed by atoms with Gasteiger partial charge in [-0.3, -0.25) is 9.59 Å². The fraction of sp³-hybridized carbons (Fsp3) is 0.579. The molecule has 2 atom stereocenters. The van der Waals surface area contributed by atoms with E-state index < -0.39 is 43.8 Å². The maximum absolute atomic E-state index is 13.4. The van der Waals surface area contributed by atoms with Crippen molar-refractivity contribution in [1.82, 2.24) is 4.31 Å². The van der Waals surface area contributed by atoms with Crippen molar-refractivity contribution in [2.75, 3.05) is 36.9 Å². The summed E-state index contributed by atoms with van der Waals surface area (Å²) in [6, 6.07) is 3.79. The molecular weight excluding hydrogens is 448 g/mol. The number of piperidine rings is 1. The molecule has 0 spiro atoms. The van der Waals surface area contributed by atoms with Crippen molar-refractivity contribution in [3.63, 3.8) is 0 Å². The van der Waals surface area contributed by atoms with Gasteiger partial charge in [-0.15, -0.1) is 0 Å². The van der Waals surface area contributed by atoms with Gasteiger partial charge in [0.2, 0.25) is 26.0 Å². The number of sulfonamides is 2. The number of nitrogens with zero attached hydrogens (tertiary/aromatic N) is 2. The van der Waals surface area contributed by atoms with E-state index in [2.05, 4.69) is 0 Å². The normalized spacial score (nSPS) is 24.2. The summed E-state index contributed by atoms with van der Waals surface area (Å²) in [5.41, 5.74) is -0.0623. The molecule has 1 aromatic carbocycles. The van der Waals surface area contributed by atoms with Crippen LogP contribution in [0.4, 0.5) is 5.69 Å². The molecule has 10 nitrogen and oxygen atoms in total. The van der Waals surface area contributed by atoms with Gasteiger partial charge in [0.1, 0.15) is 10.6 Å². The van der Waals surface area contributed by atoms with E-state index in [-0.39, 0.29) is 41.8 Å². The van der Waals surface area contributed by atoms with Crippen LogP contribution in [0.3, 0.4) is 0 Å². The molecular formula is C19H26N2O8S2. The second-order valence-corrected chi connectivity index (χ2v) is 11.3. The van der Waals surface area contributed by atoms with Crippen molar-refractivity contribution in [3.8, 4) is 5.75 Å². The highest BCUT2D eigenvalue weighted by molar-refractivity contribution is 7.94. The Balaban J connectivity index is 2.00. The van der Waals surface area contributed by atoms with Gasteiger partial charge in [0.05, 0.1) is 37.0 Å². The van der Waals surface area contributed by atoms with E-state index in [9.17, 15) is 26.4 Å². The first-order chi connectivity index (χ1) is 14.5. The van der Waals surface area contributed by atoms with Gasteiger partial charge in [-0.2, -0.15) is 4.31 Å². The fourth-order valence-corrected chi connectivity index (χ4v) is 7.34. The van der Waals surface area contributed by atoms with Gasteiger partial charge in [-0.25, -0.2) is 21.1 Å². The molecule has 0 N–H and O–H groups in total. The van der Waals surface area contributed by atoms with Crippen LogP contribution in [0.1, 0.15) is 26.7 Å². The van der Waals surface area contributed by atoms with Crippen LogP contribution in [0.15, 0.2) is 23.1 Å². The lowest BCUT2D eigenvalue weighted by atomic mass is 10.0. The first kappa shape index (κ1) is 23.5. The highest BCUT2D eigenvalue weighted by Gasteiger charge is 2.43. The Hall–Kier alpha value is -2.18. The minimum atomic E-state index is -4.14. The van der Waals surface area contributed by atoms with Gasteiger partial charge in [-0.1, -0.05) is 6.92 Å². The van der Waals surface area contributed by atoms with Gasteiger partial charge >= 0.3 is 5.97 Å². The Bertz CT molecular complexity index is 1080. The molecule has 0 aliphatic carbocycles. The van der Waals surface area contributed by atoms with Crippen LogP contribution in [0.5, 0.6) is 5.75 Å². The maximum Gasteiger partial charge on any atom is 0.310 e. The number of amides is 1. The molecule has 1 aromatic rings. The van der Waals surface area contributed by atoms with Crippen molar-refractivity contribution < 1.29 is 35.9 Å². The van der Waals surface area contributed by atoms with Gasteiger partial charge in [0.25, 0.3) is 0 Å². The Labute approximate surface area is 182 Å². The van der Waals surface area contributed by atoms with Gasteiger partial charge < -0.3 is 9.47 Å². The summed E-state index contributed by atoms with van der Waals surface area (Å²) in [6.07, 6.45) is 0.988. The summed E-state index contributed by atoms with van der Waals surface area (Å²) in [7, 11) is -6.74. The molecule has 2 saturated heterocycles. The van der Waals surface area contributed by atoms with E-state index in [1.165, 1.54) is 30.5 Å². The molecule has 31 heavy (non-hydrogen) atoms. The first-order valence-electron chi connectivity index (χ1n) is 9.94. The van der Waals surface area contributed by atoms with E-state index in [4.69, 9.17) is 9.47 Å². The third kappa shape index (κ3) is 4.41. The summed E-state index contributed by atoms with van der Waals surface area (Å²) < 4.78 is 63.7. The Kier molecular flexibility index (Phi) is 6.63. The molecule has 3 rings (SSSR count). The van der Waals surface area contributed by atoms with Crippen LogP contribution >= 0.6 is 0 Å². The van der Waals surface area contributed by atoms with Crippen LogP contribution in [0.25, 0.3) is 0 Å². The van der Waals surface area contributed by atoms with E-state index in [0.717, 1.165) is 6.07 Å². The highest BCUT2D eigenvalue weighted by atomic mass is 32.2. The van der Waals surface area contributed by atoms with Crippen molar-refractivity contribution in [2.45, 2.75) is 31.6 Å². The number of methoxy groups -OCH3 is 1. The highest BCUT2D eigenvalue weighted by Crippen LogP contribution is 2.36. The molecule has 12 heteroatoms. The third-order valence-corrected chi connectivity index (χ3v) is 9.12. The van der Waals surface area contributed by atoms with Crippen LogP contribution in [-0.2, 0) is 34.4 Å². The number of carbonyl (C=O) groups excluding carboxylic acids is 2. The minimum Gasteiger partial charge on any atom is -0.495 e. The van der Waals surface area contributed by atoms with Crippen LogP contribution in [0, 0.1) is 11.8 Å². The minimum absolute atomic E-state index is 0.0131. The summed E-state index contributed by atoms with van der Waals surface area (Å²) in [6.45, 7) is 3.54. The molecule has 0 radical (unpaired) electrons. The van der Waals surface area contributed by atoms with E-state index in [1.807, 2.05) is 0 Å². The number of benzene rings is 1. The summed E-state index contributed by atoms with van der Waals surface area (Å²) in [5, 5.41) is 0. The Morgan fingerprint density at radius 3 is 2.58 bits per heavy atom. The van der Waals surface area contributed by atoms with Gasteiger partial charge in [-0.05, 0) is 38.0 Å². The van der Waals surface area contributed by atoms with Crippen molar-refractivity contribution in [2.24, 2.45) is 11.8 Å². The lowest BCUT2D eigenvalue weighted by Crippen LogP contribution is -2.42. The molecule has 2 aliphatic rings. The number of rotatable bonds is 6. The topological polar surface area (TPSA) is 127 Å². The number of anilines is 1. The number of hydrogen-bond donors (Lipinski definition) is 0. The Morgan fingerprint density at radius 2 is 2.00 bits per heavy atom. The van der Waals surface area contributed by atoms with Crippen molar-refractivity contribution in [3.05, 3.63) is 18.2 Å². The lowest BCUT2D eigenvalue weighted by molar-refractivity contribution is -0.149. The molecule has 2 heterocycles. The predicted molar refractivity (Wildman–Crippen MR) is 112 cm³/mol. The maximum atomic E-state index is 13.4. The predicted octanol–water partition coefficient (Wildman–Crippen LogP) is 0.972. The van der Waals surface area contributed by atoms with Crippen LogP contribution in [0.2, 0.25) is 0 Å². The molecule has 2 fully saturated rings. The van der Waals surface area contributed by atoms with Crippen molar-refractivity contribution >= 4 is 37.6 Å². The summed E-state index contributed by atoms with van der Waals surface area (Å²) in [4.78, 5) is 24.3. The first-order valence-corrected chi connectivity index (χ1v) is 13.0. The third-order valence-electron chi connectivity index (χ3n) is 5.36. The van der Waals surface area contributed by atoms with Crippen LogP contribution < -0.4 is 9.04 Å². The fourth-order valence-electron chi connectivity index (χ4n) is 3.83. The zero-order valence-corrected chi connectivity index (χ0v) is 19.2. The van der Waals surface area contributed by atoms with Crippen LogP contribution in [-0.4, -0.2) is 65.6 Å². The summed E-state index contributed by atoms with van der Waals surface area (Å²) >= 11 is 0. The number of carbonyl (C=O) groups is 2. The largest absolute Gasteiger partial charge is 0.495 e. The average molecular weight is 475 g/mol. The molecule has 0 aromatic heterocycles. The smallest absolute Gasteiger partial charge is 0.310 e. The van der Waals surface area contributed by atoms with Gasteiger partial charge in [0, 0.05) is 13.1 Å². The van der Waals surface area contributed by atoms with E-state index in [0.29, 0.717) is 17.1 Å². The molecule has 2 aliphatic heterocycles. The zero-order valence-electron chi connectivity index (χ0n) is 17.6. The SMILES string of the molecule is CCOC(=O)C1CCCN(S(=O)(=O)c2cc(N3C(=O)C(C)CS3(=O)=O)ccc2OC)C1. The van der Waals surface area contributed by atoms with E-state index >= 15 is 0 Å². The quantitative estimate of drug-likeness (QED) is 0.558. The molecule has 0 saturated carbocycles. The number of ether oxygens (including phenoxy) is 2. The molecule has 172 valence electrons. The summed E-state index contributed by atoms with van der Waals surface area (Å²) in [5.74, 6) is -2.70. The average Bonchev–Trinajstić information content (AvgIpc) is 2.94. The van der Waals surface area contributed by atoms with E-state index in [1.54, 1.807) is 6.92 Å². The second kappa shape index (κ2) is 8.75. The lowest BCUT2D eigenvalue weighted by Gasteiger charge is -2.31.